The lowest BCUT2D eigenvalue weighted by molar-refractivity contribution is 0.199. The minimum atomic E-state index is 0.505. The van der Waals surface area contributed by atoms with Crippen molar-refractivity contribution in [3.63, 3.8) is 0 Å². The quantitative estimate of drug-likeness (QED) is 0.735. The molecule has 3 rings (SSSR count). The van der Waals surface area contributed by atoms with Crippen LogP contribution < -0.4 is 10.2 Å². The Balaban J connectivity index is 1.85. The molecular weight excluding hydrogens is 202 g/mol. The van der Waals surface area contributed by atoms with E-state index in [0.29, 0.717) is 5.41 Å². The van der Waals surface area contributed by atoms with Gasteiger partial charge >= 0.3 is 0 Å². The minimum Gasteiger partial charge on any atom is -0.354 e. The molecule has 0 aromatic carbocycles. The molecule has 0 atom stereocenters. The molecule has 16 heavy (non-hydrogen) atoms. The summed E-state index contributed by atoms with van der Waals surface area (Å²) in [7, 11) is 0. The number of aromatic nitrogens is 3. The molecule has 2 aliphatic rings. The van der Waals surface area contributed by atoms with Gasteiger partial charge in [0, 0.05) is 31.6 Å². The zero-order valence-corrected chi connectivity index (χ0v) is 9.82. The fourth-order valence-electron chi connectivity index (χ4n) is 2.63. The Bertz CT molecular complexity index is 413. The van der Waals surface area contributed by atoms with Gasteiger partial charge in [0.1, 0.15) is 11.5 Å². The molecule has 5 heteroatoms. The molecule has 0 saturated carbocycles. The third kappa shape index (κ3) is 1.46. The molecule has 0 radical (unpaired) electrons. The number of anilines is 1. The number of aryl methyl sites for hydroxylation is 2. The summed E-state index contributed by atoms with van der Waals surface area (Å²) in [6.07, 6.45) is 1.27. The van der Waals surface area contributed by atoms with Crippen LogP contribution in [0.2, 0.25) is 0 Å². The fraction of sp³-hybridized carbons (Fsp3) is 0.727. The van der Waals surface area contributed by atoms with E-state index in [4.69, 9.17) is 0 Å². The van der Waals surface area contributed by atoms with E-state index in [-0.39, 0.29) is 0 Å². The van der Waals surface area contributed by atoms with E-state index in [2.05, 4.69) is 25.4 Å². The van der Waals surface area contributed by atoms with Gasteiger partial charge in [-0.3, -0.25) is 0 Å². The molecule has 1 N–H and O–H groups in total. The number of nitrogens with one attached hydrogen (secondary N) is 1. The molecule has 86 valence electrons. The topological polar surface area (TPSA) is 53.9 Å². The van der Waals surface area contributed by atoms with E-state index in [0.717, 1.165) is 43.5 Å². The van der Waals surface area contributed by atoms with Crippen LogP contribution in [0.15, 0.2) is 0 Å². The highest BCUT2D eigenvalue weighted by atomic mass is 15.3. The first-order valence-electron chi connectivity index (χ1n) is 5.82. The van der Waals surface area contributed by atoms with Crippen molar-refractivity contribution in [2.24, 2.45) is 5.41 Å². The second-order valence-corrected chi connectivity index (χ2v) is 5.04. The molecule has 2 aliphatic heterocycles. The molecule has 0 aliphatic carbocycles. The maximum absolute atomic E-state index is 4.51. The maximum Gasteiger partial charge on any atom is 0.154 e. The van der Waals surface area contributed by atoms with Crippen LogP contribution in [-0.4, -0.2) is 41.4 Å². The van der Waals surface area contributed by atoms with Gasteiger partial charge in [0.05, 0.1) is 0 Å². The molecule has 2 saturated heterocycles. The van der Waals surface area contributed by atoms with Crippen molar-refractivity contribution in [2.45, 2.75) is 20.3 Å². The lowest BCUT2D eigenvalue weighted by atomic mass is 9.81. The third-order valence-electron chi connectivity index (χ3n) is 3.67. The molecule has 1 spiro atoms. The Morgan fingerprint density at radius 2 is 2.06 bits per heavy atom. The van der Waals surface area contributed by atoms with E-state index in [1.807, 2.05) is 13.8 Å². The molecule has 1 aromatic heterocycles. The van der Waals surface area contributed by atoms with Crippen LogP contribution in [0.4, 0.5) is 5.82 Å². The average Bonchev–Trinajstić information content (AvgIpc) is 2.66. The van der Waals surface area contributed by atoms with Gasteiger partial charge in [-0.05, 0) is 20.3 Å². The zero-order valence-electron chi connectivity index (χ0n) is 9.82. The normalized spacial score (nSPS) is 22.5. The van der Waals surface area contributed by atoms with E-state index in [1.165, 1.54) is 6.42 Å². The maximum atomic E-state index is 4.51. The number of rotatable bonds is 1. The van der Waals surface area contributed by atoms with Crippen molar-refractivity contribution in [3.05, 3.63) is 11.5 Å². The van der Waals surface area contributed by atoms with Gasteiger partial charge in [-0.1, -0.05) is 0 Å². The predicted molar refractivity (Wildman–Crippen MR) is 61.4 cm³/mol. The lowest BCUT2D eigenvalue weighted by Gasteiger charge is -2.39. The van der Waals surface area contributed by atoms with Gasteiger partial charge in [0.15, 0.2) is 5.82 Å². The number of hydrogen-bond acceptors (Lipinski definition) is 5. The van der Waals surface area contributed by atoms with Gasteiger partial charge in [0.25, 0.3) is 0 Å². The second kappa shape index (κ2) is 3.38. The highest BCUT2D eigenvalue weighted by Crippen LogP contribution is 2.36. The Morgan fingerprint density at radius 3 is 2.69 bits per heavy atom. The summed E-state index contributed by atoms with van der Waals surface area (Å²) in [4.78, 5) is 6.87. The molecule has 1 aromatic rings. The van der Waals surface area contributed by atoms with Crippen molar-refractivity contribution >= 4 is 5.82 Å². The summed E-state index contributed by atoms with van der Waals surface area (Å²) in [5.41, 5.74) is 1.45. The van der Waals surface area contributed by atoms with Crippen molar-refractivity contribution in [1.82, 2.24) is 20.5 Å². The molecule has 0 amide bonds. The first-order chi connectivity index (χ1) is 7.69. The Labute approximate surface area is 95.3 Å². The predicted octanol–water partition coefficient (Wildman–Crippen LogP) is 0.288. The van der Waals surface area contributed by atoms with Gasteiger partial charge in [-0.2, -0.15) is 5.10 Å². The van der Waals surface area contributed by atoms with Crippen LogP contribution in [0.5, 0.6) is 0 Å². The summed E-state index contributed by atoms with van der Waals surface area (Å²) in [6.45, 7) is 8.39. The fourth-order valence-corrected chi connectivity index (χ4v) is 2.63. The van der Waals surface area contributed by atoms with Crippen LogP contribution in [0.25, 0.3) is 0 Å². The highest BCUT2D eigenvalue weighted by molar-refractivity contribution is 5.44. The molecule has 0 bridgehead atoms. The molecule has 5 nitrogen and oxygen atoms in total. The van der Waals surface area contributed by atoms with Crippen molar-refractivity contribution < 1.29 is 0 Å². The first-order valence-corrected chi connectivity index (χ1v) is 5.82. The zero-order chi connectivity index (χ0) is 11.2. The lowest BCUT2D eigenvalue weighted by Crippen LogP contribution is -2.54. The third-order valence-corrected chi connectivity index (χ3v) is 3.67. The second-order valence-electron chi connectivity index (χ2n) is 5.04. The van der Waals surface area contributed by atoms with Gasteiger partial charge in [0.2, 0.25) is 0 Å². The van der Waals surface area contributed by atoms with Crippen LogP contribution in [0.1, 0.15) is 17.9 Å². The summed E-state index contributed by atoms with van der Waals surface area (Å²) in [5.74, 6) is 1.78. The number of nitrogens with zero attached hydrogens (tertiary/aromatic N) is 4. The summed E-state index contributed by atoms with van der Waals surface area (Å²) < 4.78 is 0. The SMILES string of the molecule is Cc1nnc(C)c(N2CCC3(CNC3)C2)n1. The minimum absolute atomic E-state index is 0.505. The summed E-state index contributed by atoms with van der Waals surface area (Å²) in [5, 5.41) is 11.5. The van der Waals surface area contributed by atoms with Gasteiger partial charge in [-0.15, -0.1) is 5.10 Å². The van der Waals surface area contributed by atoms with Crippen molar-refractivity contribution in [2.75, 3.05) is 31.1 Å². The van der Waals surface area contributed by atoms with E-state index < -0.39 is 0 Å². The summed E-state index contributed by atoms with van der Waals surface area (Å²) in [6, 6.07) is 0. The van der Waals surface area contributed by atoms with Crippen LogP contribution in [0.3, 0.4) is 0 Å². The van der Waals surface area contributed by atoms with E-state index in [9.17, 15) is 0 Å². The Kier molecular flexibility index (Phi) is 2.10. The molecule has 3 heterocycles. The van der Waals surface area contributed by atoms with Crippen molar-refractivity contribution in [3.8, 4) is 0 Å². The smallest absolute Gasteiger partial charge is 0.154 e. The van der Waals surface area contributed by atoms with Gasteiger partial charge < -0.3 is 10.2 Å². The summed E-state index contributed by atoms with van der Waals surface area (Å²) >= 11 is 0. The molecular formula is C11H17N5. The largest absolute Gasteiger partial charge is 0.354 e. The van der Waals surface area contributed by atoms with E-state index in [1.54, 1.807) is 0 Å². The monoisotopic (exact) mass is 219 g/mol. The van der Waals surface area contributed by atoms with E-state index >= 15 is 0 Å². The molecule has 0 unspecified atom stereocenters. The average molecular weight is 219 g/mol. The van der Waals surface area contributed by atoms with Crippen LogP contribution in [-0.2, 0) is 0 Å². The Hall–Kier alpha value is -1.23. The standard InChI is InChI=1S/C11H17N5/c1-8-10(13-9(2)15-14-8)16-4-3-11(7-16)5-12-6-11/h12H,3-7H2,1-2H3. The van der Waals surface area contributed by atoms with Crippen molar-refractivity contribution in [1.29, 1.82) is 0 Å². The first kappa shape index (κ1) is 9.96. The Morgan fingerprint density at radius 1 is 1.25 bits per heavy atom. The van der Waals surface area contributed by atoms with Gasteiger partial charge in [-0.25, -0.2) is 4.98 Å². The highest BCUT2D eigenvalue weighted by Gasteiger charge is 2.43. The molecule has 2 fully saturated rings. The van der Waals surface area contributed by atoms with Crippen LogP contribution in [0, 0.1) is 19.3 Å². The number of hydrogen-bond donors (Lipinski definition) is 1. The van der Waals surface area contributed by atoms with Crippen LogP contribution >= 0.6 is 0 Å².